The minimum absolute atomic E-state index is 0.132. The molecule has 0 aliphatic carbocycles. The number of allylic oxidation sites excluding steroid dienone is 9. The molecule has 0 aromatic carbocycles. The first kappa shape index (κ1) is 28.0. The zero-order chi connectivity index (χ0) is 24.9. The van der Waals surface area contributed by atoms with E-state index in [0.29, 0.717) is 13.0 Å². The molecule has 0 bridgehead atoms. The first-order valence-corrected chi connectivity index (χ1v) is 12.0. The van der Waals surface area contributed by atoms with Gasteiger partial charge in [-0.2, -0.15) is 0 Å². The molecule has 2 heterocycles. The second-order valence-corrected chi connectivity index (χ2v) is 8.98. The number of aliphatic hydroxyl groups excluding tert-OH is 2. The molecule has 0 aromatic rings. The zero-order valence-electron chi connectivity index (χ0n) is 20.4. The summed E-state index contributed by atoms with van der Waals surface area (Å²) >= 11 is 0. The van der Waals surface area contributed by atoms with Gasteiger partial charge in [0.2, 0.25) is 5.91 Å². The van der Waals surface area contributed by atoms with Gasteiger partial charge in [0.05, 0.1) is 24.4 Å². The van der Waals surface area contributed by atoms with Gasteiger partial charge in [0.25, 0.3) is 0 Å². The zero-order valence-corrected chi connectivity index (χ0v) is 20.4. The number of rotatable bonds is 2. The molecule has 2 rings (SSSR count). The number of carbonyl (C=O) groups excluding carboxylic acids is 1. The molecule has 8 unspecified atom stereocenters. The molecule has 8 atom stereocenters. The van der Waals surface area contributed by atoms with Gasteiger partial charge in [0, 0.05) is 12.6 Å². The number of hydrogen-bond acceptors (Lipinski definition) is 6. The molecular formula is C27H40N2O5. The lowest BCUT2D eigenvalue weighted by Crippen LogP contribution is -2.61. The fraction of sp³-hybridized carbons (Fsp3) is 0.519. The molecule has 188 valence electrons. The topological polar surface area (TPSA) is 114 Å². The molecule has 1 saturated heterocycles. The molecule has 0 aromatic heterocycles. The third-order valence-corrected chi connectivity index (χ3v) is 5.94. The highest BCUT2D eigenvalue weighted by Gasteiger charge is 2.42. The summed E-state index contributed by atoms with van der Waals surface area (Å²) in [5, 5.41) is 23.4. The summed E-state index contributed by atoms with van der Waals surface area (Å²) < 4.78 is 11.9. The molecule has 5 N–H and O–H groups in total. The SMILES string of the molecule is CC1/C=C/C=C\C=C\CC(C)C(OC2OC(C)C(O)C(N)C2O)C/C=C\C=C\C=CC(=O)NC1. The van der Waals surface area contributed by atoms with Crippen LogP contribution in [-0.4, -0.2) is 59.4 Å². The minimum Gasteiger partial charge on any atom is -0.389 e. The Labute approximate surface area is 203 Å². The van der Waals surface area contributed by atoms with Crippen LogP contribution in [-0.2, 0) is 14.3 Å². The van der Waals surface area contributed by atoms with Gasteiger partial charge in [-0.05, 0) is 31.6 Å². The molecule has 34 heavy (non-hydrogen) atoms. The van der Waals surface area contributed by atoms with Crippen molar-refractivity contribution in [1.82, 2.24) is 5.32 Å². The number of nitrogens with two attached hydrogens (primary N) is 1. The van der Waals surface area contributed by atoms with Crippen molar-refractivity contribution in [2.24, 2.45) is 17.6 Å². The van der Waals surface area contributed by atoms with Crippen LogP contribution in [0.1, 0.15) is 33.6 Å². The summed E-state index contributed by atoms with van der Waals surface area (Å²) in [5.74, 6) is 0.229. The monoisotopic (exact) mass is 472 g/mol. The maximum absolute atomic E-state index is 11.9. The second-order valence-electron chi connectivity index (χ2n) is 8.98. The van der Waals surface area contributed by atoms with E-state index in [2.05, 4.69) is 18.3 Å². The van der Waals surface area contributed by atoms with Crippen LogP contribution in [0, 0.1) is 11.8 Å². The van der Waals surface area contributed by atoms with Gasteiger partial charge in [-0.25, -0.2) is 0 Å². The summed E-state index contributed by atoms with van der Waals surface area (Å²) in [6, 6.07) is -0.834. The van der Waals surface area contributed by atoms with Crippen molar-refractivity contribution >= 4 is 5.91 Å². The van der Waals surface area contributed by atoms with E-state index in [1.54, 1.807) is 19.1 Å². The van der Waals surface area contributed by atoms with Gasteiger partial charge in [-0.3, -0.25) is 4.79 Å². The van der Waals surface area contributed by atoms with Crippen LogP contribution < -0.4 is 11.1 Å². The van der Waals surface area contributed by atoms with Gasteiger partial charge in [-0.1, -0.05) is 80.7 Å². The second kappa shape index (κ2) is 14.9. The van der Waals surface area contributed by atoms with Crippen LogP contribution >= 0.6 is 0 Å². The van der Waals surface area contributed by atoms with Gasteiger partial charge < -0.3 is 30.7 Å². The van der Waals surface area contributed by atoms with Crippen LogP contribution in [0.5, 0.6) is 0 Å². The molecule has 0 saturated carbocycles. The number of nitrogens with one attached hydrogen (secondary N) is 1. The molecule has 0 spiro atoms. The predicted octanol–water partition coefficient (Wildman–Crippen LogP) is 2.68. The van der Waals surface area contributed by atoms with E-state index in [0.717, 1.165) is 6.42 Å². The average molecular weight is 473 g/mol. The van der Waals surface area contributed by atoms with Crippen molar-refractivity contribution in [3.05, 3.63) is 72.9 Å². The molecule has 2 aliphatic rings. The van der Waals surface area contributed by atoms with Crippen LogP contribution in [0.15, 0.2) is 72.9 Å². The lowest BCUT2D eigenvalue weighted by molar-refractivity contribution is -0.284. The Morgan fingerprint density at radius 1 is 0.941 bits per heavy atom. The molecule has 7 heteroatoms. The standard InChI is InChI=1S/C27H40N2O5/c1-19-14-10-6-4-7-11-15-20(2)22(16-12-8-5-9-13-17-23(30)29-18-19)34-27-26(32)24(28)25(31)21(3)33-27/h4-14,17,19-22,24-27,31-32H,15-16,18,28H2,1-3H3,(H,29,30)/b6-4-,9-5+,11-7+,12-8-,14-10+,17-13?. The Balaban J connectivity index is 2.12. The predicted molar refractivity (Wildman–Crippen MR) is 135 cm³/mol. The number of ether oxygens (including phenoxy) is 2. The van der Waals surface area contributed by atoms with Crippen molar-refractivity contribution in [2.45, 2.75) is 70.4 Å². The van der Waals surface area contributed by atoms with Crippen molar-refractivity contribution in [2.75, 3.05) is 6.54 Å². The summed E-state index contributed by atoms with van der Waals surface area (Å²) in [6.45, 7) is 6.43. The molecule has 2 aliphatic heterocycles. The Morgan fingerprint density at radius 3 is 2.32 bits per heavy atom. The minimum atomic E-state index is -1.12. The van der Waals surface area contributed by atoms with Crippen molar-refractivity contribution in [3.8, 4) is 0 Å². The number of aliphatic hydroxyl groups is 2. The van der Waals surface area contributed by atoms with E-state index in [-0.39, 0.29) is 23.8 Å². The third kappa shape index (κ3) is 9.52. The van der Waals surface area contributed by atoms with Crippen LogP contribution in [0.4, 0.5) is 0 Å². The number of amides is 1. The lowest BCUT2D eigenvalue weighted by atomic mass is 9.95. The van der Waals surface area contributed by atoms with E-state index in [4.69, 9.17) is 15.2 Å². The van der Waals surface area contributed by atoms with Crippen LogP contribution in [0.2, 0.25) is 0 Å². The molecule has 0 radical (unpaired) electrons. The largest absolute Gasteiger partial charge is 0.389 e. The average Bonchev–Trinajstić information content (AvgIpc) is 2.81. The van der Waals surface area contributed by atoms with Crippen molar-refractivity contribution < 1.29 is 24.5 Å². The van der Waals surface area contributed by atoms with Crippen molar-refractivity contribution in [1.29, 1.82) is 0 Å². The van der Waals surface area contributed by atoms with E-state index >= 15 is 0 Å². The highest BCUT2D eigenvalue weighted by Crippen LogP contribution is 2.26. The fourth-order valence-electron chi connectivity index (χ4n) is 3.63. The smallest absolute Gasteiger partial charge is 0.243 e. The van der Waals surface area contributed by atoms with Gasteiger partial charge in [0.1, 0.15) is 6.10 Å². The van der Waals surface area contributed by atoms with E-state index in [9.17, 15) is 15.0 Å². The normalized spacial score (nSPS) is 41.1. The molecule has 1 amide bonds. The fourth-order valence-corrected chi connectivity index (χ4v) is 3.63. The van der Waals surface area contributed by atoms with E-state index < -0.39 is 30.6 Å². The van der Waals surface area contributed by atoms with Crippen molar-refractivity contribution in [3.63, 3.8) is 0 Å². The third-order valence-electron chi connectivity index (χ3n) is 5.94. The van der Waals surface area contributed by atoms with Gasteiger partial charge >= 0.3 is 0 Å². The number of carbonyl (C=O) groups is 1. The summed E-state index contributed by atoms with van der Waals surface area (Å²) in [7, 11) is 0. The van der Waals surface area contributed by atoms with E-state index in [1.807, 2.05) is 55.5 Å². The Kier molecular flexibility index (Phi) is 12.2. The highest BCUT2D eigenvalue weighted by molar-refractivity contribution is 5.87. The van der Waals surface area contributed by atoms with Gasteiger partial charge in [-0.15, -0.1) is 0 Å². The van der Waals surface area contributed by atoms with Crippen LogP contribution in [0.25, 0.3) is 0 Å². The van der Waals surface area contributed by atoms with E-state index in [1.165, 1.54) is 6.08 Å². The van der Waals surface area contributed by atoms with Crippen LogP contribution in [0.3, 0.4) is 0 Å². The van der Waals surface area contributed by atoms with Gasteiger partial charge in [0.15, 0.2) is 6.29 Å². The maximum atomic E-state index is 11.9. The quantitative estimate of drug-likeness (QED) is 0.491. The first-order valence-electron chi connectivity index (χ1n) is 12.0. The summed E-state index contributed by atoms with van der Waals surface area (Å²) in [5.41, 5.74) is 5.96. The molecule has 1 fully saturated rings. The Hall–Kier alpha value is -2.29. The Bertz CT molecular complexity index is 801. The lowest BCUT2D eigenvalue weighted by Gasteiger charge is -2.41. The highest BCUT2D eigenvalue weighted by atomic mass is 16.7. The molecular weight excluding hydrogens is 432 g/mol. The maximum Gasteiger partial charge on any atom is 0.243 e. The summed E-state index contributed by atoms with van der Waals surface area (Å²) in [4.78, 5) is 11.9. The molecule has 7 nitrogen and oxygen atoms in total. The summed E-state index contributed by atoms with van der Waals surface area (Å²) in [6.07, 6.45) is 20.4. The number of hydrogen-bond donors (Lipinski definition) is 4. The Morgan fingerprint density at radius 2 is 1.59 bits per heavy atom. The first-order chi connectivity index (χ1) is 16.3.